The molecule has 0 aliphatic carbocycles. The van der Waals surface area contributed by atoms with Crippen LogP contribution >= 0.6 is 0 Å². The molecule has 0 spiro atoms. The van der Waals surface area contributed by atoms with Crippen LogP contribution in [0.25, 0.3) is 12.8 Å². The fourth-order valence-electron chi connectivity index (χ4n) is 1.27. The Kier molecular flexibility index (Phi) is 1.74. The molecule has 1 aromatic heterocycles. The van der Waals surface area contributed by atoms with Gasteiger partial charge in [0.2, 0.25) is 0 Å². The number of aromatic nitrogens is 2. The smallest absolute Gasteiger partial charge is 0.157 e. The molecule has 0 amide bonds. The summed E-state index contributed by atoms with van der Waals surface area (Å²) in [7, 11) is 0. The van der Waals surface area contributed by atoms with E-state index in [1.165, 1.54) is 0 Å². The number of hydrogen-bond acceptors (Lipinski definition) is 4. The first kappa shape index (κ1) is 8.99. The van der Waals surface area contributed by atoms with Gasteiger partial charge in [-0.25, -0.2) is 9.97 Å². The van der Waals surface area contributed by atoms with Crippen molar-refractivity contribution >= 4 is 18.6 Å². The van der Waals surface area contributed by atoms with Crippen molar-refractivity contribution < 1.29 is 0 Å². The molecule has 1 aromatic rings. The zero-order valence-corrected chi connectivity index (χ0v) is 8.68. The van der Waals surface area contributed by atoms with Crippen LogP contribution < -0.4 is 21.4 Å². The quantitative estimate of drug-likeness (QED) is 0.597. The van der Waals surface area contributed by atoms with E-state index >= 15 is 0 Å². The number of hydrazine groups is 1. The van der Waals surface area contributed by atoms with E-state index < -0.39 is 0 Å². The molecule has 74 valence electrons. The second-order valence-corrected chi connectivity index (χ2v) is 4.42. The number of rotatable bonds is 0. The Hall–Kier alpha value is -1.58. The molecule has 0 saturated heterocycles. The Balaban J connectivity index is 2.67. The molecule has 2 heterocycles. The molecule has 14 heavy (non-hydrogen) atoms. The number of anilines is 1. The van der Waals surface area contributed by atoms with Crippen LogP contribution in [0, 0.1) is 0 Å². The van der Waals surface area contributed by atoms with E-state index in [1.54, 1.807) is 0 Å². The first-order valence-corrected chi connectivity index (χ1v) is 4.58. The Morgan fingerprint density at radius 1 is 1.29 bits per heavy atom. The van der Waals surface area contributed by atoms with Gasteiger partial charge >= 0.3 is 0 Å². The molecule has 2 N–H and O–H groups in total. The summed E-state index contributed by atoms with van der Waals surface area (Å²) in [5.41, 5.74) is 5.80. The summed E-state index contributed by atoms with van der Waals surface area (Å²) in [6, 6.07) is 0. The molecule has 0 bridgehead atoms. The first-order valence-electron chi connectivity index (χ1n) is 4.58. The largest absolute Gasteiger partial charge is 0.306 e. The summed E-state index contributed by atoms with van der Waals surface area (Å²) in [5, 5.41) is 1.70. The standard InChI is InChI=1S/C10H14N4/c1-6-7-5-11-14-8(7)13-9(12-6)10(2,3)4/h5H,1H2,2-4H3,(H2,11,12,13,14). The lowest BCUT2D eigenvalue weighted by Gasteiger charge is -2.16. The van der Waals surface area contributed by atoms with Gasteiger partial charge in [0, 0.05) is 11.6 Å². The van der Waals surface area contributed by atoms with Crippen molar-refractivity contribution in [3.63, 3.8) is 0 Å². The summed E-state index contributed by atoms with van der Waals surface area (Å²) >= 11 is 0. The van der Waals surface area contributed by atoms with Crippen molar-refractivity contribution in [1.29, 1.82) is 0 Å². The highest BCUT2D eigenvalue weighted by Crippen LogP contribution is 2.16. The van der Waals surface area contributed by atoms with E-state index in [4.69, 9.17) is 0 Å². The van der Waals surface area contributed by atoms with Gasteiger partial charge in [-0.15, -0.1) is 0 Å². The van der Waals surface area contributed by atoms with Crippen molar-refractivity contribution in [1.82, 2.24) is 15.4 Å². The van der Waals surface area contributed by atoms with Crippen molar-refractivity contribution in [3.05, 3.63) is 16.4 Å². The van der Waals surface area contributed by atoms with Crippen LogP contribution in [0.15, 0.2) is 0 Å². The lowest BCUT2D eigenvalue weighted by molar-refractivity contribution is 0.543. The minimum absolute atomic E-state index is 0.0499. The van der Waals surface area contributed by atoms with Gasteiger partial charge in [-0.2, -0.15) is 0 Å². The molecule has 0 radical (unpaired) electrons. The van der Waals surface area contributed by atoms with Crippen LogP contribution in [-0.2, 0) is 5.41 Å². The Labute approximate surface area is 82.7 Å². The van der Waals surface area contributed by atoms with Crippen molar-refractivity contribution in [3.8, 4) is 0 Å². The Bertz CT molecular complexity index is 470. The lowest BCUT2D eigenvalue weighted by Crippen LogP contribution is -2.32. The molecule has 0 atom stereocenters. The van der Waals surface area contributed by atoms with Crippen LogP contribution in [-0.4, -0.2) is 9.97 Å². The van der Waals surface area contributed by atoms with E-state index in [9.17, 15) is 0 Å². The minimum Gasteiger partial charge on any atom is -0.306 e. The monoisotopic (exact) mass is 190 g/mol. The fraction of sp³-hybridized carbons (Fsp3) is 0.400. The highest BCUT2D eigenvalue weighted by Gasteiger charge is 2.19. The molecule has 2 rings (SSSR count). The summed E-state index contributed by atoms with van der Waals surface area (Å²) < 4.78 is 0. The van der Waals surface area contributed by atoms with Crippen molar-refractivity contribution in [2.45, 2.75) is 26.2 Å². The number of hydrogen-bond donors (Lipinski definition) is 2. The van der Waals surface area contributed by atoms with Gasteiger partial charge in [0.15, 0.2) is 5.82 Å². The second-order valence-electron chi connectivity index (χ2n) is 4.42. The highest BCUT2D eigenvalue weighted by atomic mass is 15.4. The number of nitrogens with zero attached hydrogens (tertiary/aromatic N) is 2. The molecule has 1 aliphatic heterocycles. The fourth-order valence-corrected chi connectivity index (χ4v) is 1.27. The highest BCUT2D eigenvalue weighted by molar-refractivity contribution is 5.48. The maximum absolute atomic E-state index is 4.43. The summed E-state index contributed by atoms with van der Waals surface area (Å²) in [6.45, 7) is 10.2. The first-order chi connectivity index (χ1) is 6.48. The van der Waals surface area contributed by atoms with Gasteiger partial charge in [-0.3, -0.25) is 5.43 Å². The number of nitrogens with one attached hydrogen (secondary N) is 2. The van der Waals surface area contributed by atoms with E-state index in [1.807, 2.05) is 6.20 Å². The SMILES string of the molecule is C=c1nc(C(C)(C)C)nc2c1=CNN2. The van der Waals surface area contributed by atoms with Gasteiger partial charge < -0.3 is 5.43 Å². The summed E-state index contributed by atoms with van der Waals surface area (Å²) in [6.07, 6.45) is 1.82. The predicted octanol–water partition coefficient (Wildman–Crippen LogP) is -0.148. The lowest BCUT2D eigenvalue weighted by atomic mass is 9.96. The maximum Gasteiger partial charge on any atom is 0.157 e. The third-order valence-corrected chi connectivity index (χ3v) is 2.10. The number of fused-ring (bicyclic) bond motifs is 1. The molecular formula is C10H14N4. The normalized spacial score (nSPS) is 13.9. The molecule has 0 saturated carbocycles. The zero-order chi connectivity index (χ0) is 10.3. The van der Waals surface area contributed by atoms with Crippen molar-refractivity contribution in [2.75, 3.05) is 5.43 Å². The molecular weight excluding hydrogens is 176 g/mol. The van der Waals surface area contributed by atoms with Crippen LogP contribution in [0.2, 0.25) is 0 Å². The van der Waals surface area contributed by atoms with Gasteiger partial charge in [0.05, 0.1) is 10.6 Å². The molecule has 0 aromatic carbocycles. The molecule has 1 aliphatic rings. The van der Waals surface area contributed by atoms with Crippen LogP contribution in [0.3, 0.4) is 0 Å². The maximum atomic E-state index is 4.43. The molecule has 4 nitrogen and oxygen atoms in total. The zero-order valence-electron chi connectivity index (χ0n) is 8.68. The Morgan fingerprint density at radius 2 is 2.00 bits per heavy atom. The van der Waals surface area contributed by atoms with Gasteiger partial charge in [0.25, 0.3) is 0 Å². The van der Waals surface area contributed by atoms with Gasteiger partial charge in [-0.05, 0) is 0 Å². The van der Waals surface area contributed by atoms with E-state index in [0.717, 1.165) is 22.2 Å². The molecule has 0 unspecified atom stereocenters. The van der Waals surface area contributed by atoms with Crippen molar-refractivity contribution in [2.24, 2.45) is 0 Å². The second kappa shape index (κ2) is 2.70. The van der Waals surface area contributed by atoms with Gasteiger partial charge in [-0.1, -0.05) is 27.4 Å². The average Bonchev–Trinajstić information content (AvgIpc) is 2.50. The third kappa shape index (κ3) is 1.32. The van der Waals surface area contributed by atoms with Gasteiger partial charge in [0.1, 0.15) is 5.82 Å². The molecule has 0 fully saturated rings. The summed E-state index contributed by atoms with van der Waals surface area (Å²) in [5.74, 6) is 1.63. The molecule has 4 heteroatoms. The van der Waals surface area contributed by atoms with E-state index in [-0.39, 0.29) is 5.41 Å². The van der Waals surface area contributed by atoms with Crippen LogP contribution in [0.1, 0.15) is 26.6 Å². The Morgan fingerprint density at radius 3 is 2.64 bits per heavy atom. The average molecular weight is 190 g/mol. The topological polar surface area (TPSA) is 49.8 Å². The third-order valence-electron chi connectivity index (χ3n) is 2.10. The van der Waals surface area contributed by atoms with E-state index in [2.05, 4.69) is 48.2 Å². The van der Waals surface area contributed by atoms with Crippen LogP contribution in [0.4, 0.5) is 5.82 Å². The predicted molar refractivity (Wildman–Crippen MR) is 56.7 cm³/mol. The van der Waals surface area contributed by atoms with E-state index in [0.29, 0.717) is 0 Å². The minimum atomic E-state index is -0.0499. The summed E-state index contributed by atoms with van der Waals surface area (Å²) in [4.78, 5) is 8.81. The van der Waals surface area contributed by atoms with Crippen LogP contribution in [0.5, 0.6) is 0 Å².